The van der Waals surface area contributed by atoms with Crippen LogP contribution in [0.4, 0.5) is 17.3 Å². The lowest BCUT2D eigenvalue weighted by molar-refractivity contribution is 0.0113. The number of hydrogen-bond acceptors (Lipinski definition) is 9. The normalized spacial score (nSPS) is 21.9. The van der Waals surface area contributed by atoms with E-state index in [9.17, 15) is 9.90 Å². The van der Waals surface area contributed by atoms with Gasteiger partial charge in [-0.15, -0.1) is 19.0 Å². The van der Waals surface area contributed by atoms with Crippen LogP contribution in [0.1, 0.15) is 38.8 Å². The zero-order chi connectivity index (χ0) is 30.5. The van der Waals surface area contributed by atoms with Gasteiger partial charge in [0, 0.05) is 56.3 Å². The van der Waals surface area contributed by atoms with Crippen LogP contribution in [0.2, 0.25) is 0 Å². The Morgan fingerprint density at radius 3 is 2.53 bits per heavy atom. The van der Waals surface area contributed by atoms with Gasteiger partial charge in [-0.25, -0.2) is 19.3 Å². The van der Waals surface area contributed by atoms with Gasteiger partial charge in [-0.1, -0.05) is 12.1 Å². The number of allylic oxidation sites excluding steroid dienone is 1. The van der Waals surface area contributed by atoms with Crippen molar-refractivity contribution in [1.29, 1.82) is 0 Å². The highest BCUT2D eigenvalue weighted by Crippen LogP contribution is 2.48. The van der Waals surface area contributed by atoms with Crippen LogP contribution in [-0.4, -0.2) is 79.6 Å². The van der Waals surface area contributed by atoms with E-state index >= 15 is 0 Å². The molecular weight excluding hydrogens is 590 g/mol. The molecule has 0 radical (unpaired) electrons. The van der Waals surface area contributed by atoms with Crippen molar-refractivity contribution in [3.05, 3.63) is 77.4 Å². The molecule has 1 spiro atoms. The van der Waals surface area contributed by atoms with Gasteiger partial charge in [0.25, 0.3) is 5.56 Å². The second-order valence-electron chi connectivity index (χ2n) is 13.0. The molecule has 1 saturated carbocycles. The maximum Gasteiger partial charge on any atom is 0.278 e. The molecule has 3 aromatic heterocycles. The number of nitrogens with zero attached hydrogens (tertiary/aromatic N) is 7. The van der Waals surface area contributed by atoms with E-state index in [1.807, 2.05) is 18.2 Å². The monoisotopic (exact) mass is 631 g/mol. The maximum absolute atomic E-state index is 13.3. The van der Waals surface area contributed by atoms with Gasteiger partial charge in [-0.2, -0.15) is 4.98 Å². The summed E-state index contributed by atoms with van der Waals surface area (Å²) in [6.07, 6.45) is 7.25. The quantitative estimate of drug-likeness (QED) is 0.250. The lowest BCUT2D eigenvalue weighted by atomic mass is 9.64. The van der Waals surface area contributed by atoms with Crippen molar-refractivity contribution in [2.24, 2.45) is 5.41 Å². The highest BCUT2D eigenvalue weighted by Gasteiger charge is 2.48. The molecule has 1 aromatic carbocycles. The van der Waals surface area contributed by atoms with Crippen LogP contribution in [0.25, 0.3) is 16.9 Å². The topological polar surface area (TPSA) is 116 Å². The minimum absolute atomic E-state index is 0. The number of halogens is 1. The average molecular weight is 632 g/mol. The Morgan fingerprint density at radius 1 is 1.11 bits per heavy atom. The summed E-state index contributed by atoms with van der Waals surface area (Å²) in [5.74, 6) is 0.845. The van der Waals surface area contributed by atoms with E-state index in [-0.39, 0.29) is 24.5 Å². The standard InChI is InChI=1S/C33H41N9O2.ClH/c1-4-14-41-30(43)26-21-35-31(38-29(26)42(41)28-7-5-6-27(37-28)32(2,3)44)36-23-8-10-24(11-9-23)39-15-17-40(18-16-39)25-19-33(20-25)12-13-34-22-33;/h4-11,21,25,34,44H,1,12-20,22H2,2-3H3,(H,35,36,38);1H. The Bertz CT molecular complexity index is 1720. The summed E-state index contributed by atoms with van der Waals surface area (Å²) < 4.78 is 3.19. The summed E-state index contributed by atoms with van der Waals surface area (Å²) in [7, 11) is 0. The van der Waals surface area contributed by atoms with E-state index in [2.05, 4.69) is 49.1 Å². The summed E-state index contributed by atoms with van der Waals surface area (Å²) in [6.45, 7) is 14.1. The van der Waals surface area contributed by atoms with Gasteiger partial charge in [0.1, 0.15) is 11.0 Å². The van der Waals surface area contributed by atoms with E-state index in [0.29, 0.717) is 33.9 Å². The van der Waals surface area contributed by atoms with Crippen molar-refractivity contribution < 1.29 is 5.11 Å². The first-order valence-electron chi connectivity index (χ1n) is 15.6. The number of anilines is 3. The number of nitrogens with one attached hydrogen (secondary N) is 2. The fraction of sp³-hybridized carbons (Fsp3) is 0.455. The van der Waals surface area contributed by atoms with E-state index < -0.39 is 5.60 Å². The fourth-order valence-electron chi connectivity index (χ4n) is 7.06. The molecular formula is C33H42ClN9O2. The van der Waals surface area contributed by atoms with E-state index in [1.165, 1.54) is 42.7 Å². The summed E-state index contributed by atoms with van der Waals surface area (Å²) in [6, 6.07) is 14.5. The van der Waals surface area contributed by atoms with E-state index in [4.69, 9.17) is 4.98 Å². The van der Waals surface area contributed by atoms with E-state index in [1.54, 1.807) is 42.9 Å². The van der Waals surface area contributed by atoms with Crippen LogP contribution < -0.4 is 21.1 Å². The summed E-state index contributed by atoms with van der Waals surface area (Å²) in [5, 5.41) is 17.8. The number of pyridine rings is 1. The van der Waals surface area contributed by atoms with Crippen molar-refractivity contribution in [2.75, 3.05) is 49.5 Å². The Labute approximate surface area is 269 Å². The lowest BCUT2D eigenvalue weighted by Crippen LogP contribution is -2.57. The van der Waals surface area contributed by atoms with Crippen molar-refractivity contribution >= 4 is 40.8 Å². The van der Waals surface area contributed by atoms with Gasteiger partial charge in [0.2, 0.25) is 5.95 Å². The molecule has 45 heavy (non-hydrogen) atoms. The molecule has 7 rings (SSSR count). The first-order valence-corrected chi connectivity index (χ1v) is 15.6. The third-order valence-electron chi connectivity index (χ3n) is 9.54. The smallest absolute Gasteiger partial charge is 0.278 e. The van der Waals surface area contributed by atoms with Gasteiger partial charge < -0.3 is 20.6 Å². The van der Waals surface area contributed by atoms with Crippen molar-refractivity contribution in [3.63, 3.8) is 0 Å². The summed E-state index contributed by atoms with van der Waals surface area (Å²) in [4.78, 5) is 32.3. The number of rotatable bonds is 8. The van der Waals surface area contributed by atoms with Gasteiger partial charge in [0.05, 0.1) is 12.2 Å². The highest BCUT2D eigenvalue weighted by atomic mass is 35.5. The Hall–Kier alpha value is -3.77. The number of hydrogen-bond donors (Lipinski definition) is 3. The second kappa shape index (κ2) is 12.2. The van der Waals surface area contributed by atoms with Crippen molar-refractivity contribution in [1.82, 2.24) is 34.5 Å². The molecule has 5 heterocycles. The summed E-state index contributed by atoms with van der Waals surface area (Å²) in [5.41, 5.74) is 2.19. The maximum atomic E-state index is 13.3. The molecule has 3 fully saturated rings. The van der Waals surface area contributed by atoms with E-state index in [0.717, 1.165) is 37.9 Å². The third kappa shape index (κ3) is 5.97. The zero-order valence-corrected chi connectivity index (χ0v) is 26.8. The first kappa shape index (κ1) is 31.2. The number of piperazine rings is 1. The molecule has 0 unspecified atom stereocenters. The predicted octanol–water partition coefficient (Wildman–Crippen LogP) is 3.82. The number of benzene rings is 1. The lowest BCUT2D eigenvalue weighted by Gasteiger charge is -2.52. The molecule has 2 saturated heterocycles. The first-order chi connectivity index (χ1) is 21.2. The van der Waals surface area contributed by atoms with Crippen LogP contribution in [-0.2, 0) is 12.1 Å². The molecule has 0 atom stereocenters. The van der Waals surface area contributed by atoms with Crippen molar-refractivity contribution in [2.45, 2.75) is 51.3 Å². The Kier molecular flexibility index (Phi) is 8.47. The molecule has 238 valence electrons. The fourth-order valence-corrected chi connectivity index (χ4v) is 7.06. The van der Waals surface area contributed by atoms with Crippen LogP contribution >= 0.6 is 12.4 Å². The van der Waals surface area contributed by atoms with Crippen LogP contribution in [0.3, 0.4) is 0 Å². The molecule has 0 amide bonds. The largest absolute Gasteiger partial charge is 0.384 e. The average Bonchev–Trinajstić information content (AvgIpc) is 3.60. The minimum Gasteiger partial charge on any atom is -0.384 e. The molecule has 11 nitrogen and oxygen atoms in total. The zero-order valence-electron chi connectivity index (χ0n) is 25.9. The molecule has 1 aliphatic carbocycles. The third-order valence-corrected chi connectivity index (χ3v) is 9.54. The van der Waals surface area contributed by atoms with Gasteiger partial charge in [-0.05, 0) is 81.5 Å². The molecule has 12 heteroatoms. The molecule has 0 bridgehead atoms. The number of aliphatic hydroxyl groups is 1. The summed E-state index contributed by atoms with van der Waals surface area (Å²) >= 11 is 0. The number of fused-ring (bicyclic) bond motifs is 1. The van der Waals surface area contributed by atoms with Crippen LogP contribution in [0, 0.1) is 5.41 Å². The molecule has 2 aliphatic heterocycles. The Morgan fingerprint density at radius 2 is 1.87 bits per heavy atom. The molecule has 3 aliphatic rings. The van der Waals surface area contributed by atoms with Gasteiger partial charge in [0.15, 0.2) is 11.5 Å². The van der Waals surface area contributed by atoms with Crippen LogP contribution in [0.5, 0.6) is 0 Å². The highest BCUT2D eigenvalue weighted by molar-refractivity contribution is 5.85. The molecule has 4 aromatic rings. The van der Waals surface area contributed by atoms with Gasteiger partial charge >= 0.3 is 0 Å². The number of aromatic nitrogens is 5. The predicted molar refractivity (Wildman–Crippen MR) is 180 cm³/mol. The van der Waals surface area contributed by atoms with Crippen LogP contribution in [0.15, 0.2) is 66.1 Å². The second-order valence-corrected chi connectivity index (χ2v) is 13.0. The Balaban J connectivity index is 0.00000357. The minimum atomic E-state index is -1.14. The van der Waals surface area contributed by atoms with Gasteiger partial charge in [-0.3, -0.25) is 9.69 Å². The SMILES string of the molecule is C=CCn1c(=O)c2cnc(Nc3ccc(N4CCN(C5CC6(CCNC6)C5)CC4)cc3)nc2n1-c1cccc(C(C)(C)O)n1.Cl. The van der Waals surface area contributed by atoms with Crippen molar-refractivity contribution in [3.8, 4) is 5.82 Å². The molecule has 3 N–H and O–H groups in total.